The number of nitrogens with zero attached hydrogens (tertiary/aromatic N) is 5. The summed E-state index contributed by atoms with van der Waals surface area (Å²) in [5.74, 6) is 10.1. The average Bonchev–Trinajstić information content (AvgIpc) is 2.62. The van der Waals surface area contributed by atoms with Crippen molar-refractivity contribution >= 4 is 17.1 Å². The first-order valence-electron chi connectivity index (χ1n) is 3.56. The van der Waals surface area contributed by atoms with Crippen molar-refractivity contribution < 1.29 is 0 Å². The summed E-state index contributed by atoms with van der Waals surface area (Å²) >= 11 is 0. The first kappa shape index (κ1) is 8.16. The Kier molecular flexibility index (Phi) is 1.63. The number of nitrogens with two attached hydrogens (primary N) is 2. The van der Waals surface area contributed by atoms with Crippen molar-refractivity contribution in [3.05, 3.63) is 16.7 Å². The smallest absolute Gasteiger partial charge is 0.299 e. The van der Waals surface area contributed by atoms with E-state index in [-0.39, 0.29) is 17.1 Å². The molecule has 2 heterocycles. The predicted molar refractivity (Wildman–Crippen MR) is 47.0 cm³/mol. The number of nitrogens with one attached hydrogen (secondary N) is 1. The number of aromatic amines is 1. The van der Waals surface area contributed by atoms with E-state index < -0.39 is 5.56 Å². The molecule has 0 saturated carbocycles. The van der Waals surface area contributed by atoms with Crippen LogP contribution in [0.4, 0.5) is 5.95 Å². The number of rotatable bonds is 1. The van der Waals surface area contributed by atoms with Crippen LogP contribution in [0.3, 0.4) is 0 Å². The third-order valence-corrected chi connectivity index (χ3v) is 1.62. The number of fused-ring (bicyclic) bond motifs is 1. The molecule has 2 aromatic heterocycles. The summed E-state index contributed by atoms with van der Waals surface area (Å²) in [5.41, 5.74) is -0.0579. The zero-order valence-electron chi connectivity index (χ0n) is 6.88. The maximum atomic E-state index is 11.5. The van der Waals surface area contributed by atoms with Gasteiger partial charge in [0.1, 0.15) is 0 Å². The molecule has 2 aromatic rings. The standard InChI is InChI=1S/C5H6N8O/c6-12-11-5-10-3-2(8-1-9-3)4(14)13(5)7/h1H,7H2,(H,8,9)(H2,6,10,11). The van der Waals surface area contributed by atoms with E-state index in [0.29, 0.717) is 0 Å². The zero-order valence-corrected chi connectivity index (χ0v) is 6.88. The second-order valence-electron chi connectivity index (χ2n) is 2.40. The predicted octanol–water partition coefficient (Wildman–Crippen LogP) is -1.21. The Morgan fingerprint density at radius 2 is 2.36 bits per heavy atom. The molecular formula is C5H6N8O. The molecular weight excluding hydrogens is 188 g/mol. The molecule has 0 bridgehead atoms. The van der Waals surface area contributed by atoms with Crippen LogP contribution in [0.5, 0.6) is 0 Å². The van der Waals surface area contributed by atoms with Gasteiger partial charge in [-0.15, -0.1) is 0 Å². The van der Waals surface area contributed by atoms with E-state index in [1.807, 2.05) is 0 Å². The summed E-state index contributed by atoms with van der Waals surface area (Å²) in [4.78, 5) is 21.7. The molecule has 0 radical (unpaired) electrons. The topological polar surface area (TPSA) is 140 Å². The third kappa shape index (κ3) is 0.990. The van der Waals surface area contributed by atoms with Gasteiger partial charge in [0.15, 0.2) is 11.2 Å². The SMILES string of the molecule is NN=Nc1nc2nc[nH]c2c(=O)n1N. The molecule has 0 aliphatic rings. The van der Waals surface area contributed by atoms with Gasteiger partial charge in [-0.2, -0.15) is 9.66 Å². The van der Waals surface area contributed by atoms with Crippen LogP contribution < -0.4 is 17.2 Å². The number of nitrogen functional groups attached to an aromatic ring is 1. The Morgan fingerprint density at radius 3 is 3.07 bits per heavy atom. The summed E-state index contributed by atoms with van der Waals surface area (Å²) < 4.78 is 0.733. The highest BCUT2D eigenvalue weighted by Crippen LogP contribution is 2.07. The highest BCUT2D eigenvalue weighted by molar-refractivity contribution is 5.69. The van der Waals surface area contributed by atoms with E-state index in [2.05, 4.69) is 25.3 Å². The molecule has 0 atom stereocenters. The van der Waals surface area contributed by atoms with Crippen molar-refractivity contribution in [3.63, 3.8) is 0 Å². The number of H-pyrrole nitrogens is 1. The lowest BCUT2D eigenvalue weighted by molar-refractivity contribution is 0.869. The minimum absolute atomic E-state index is 0.0999. The molecule has 0 aromatic carbocycles. The molecule has 0 spiro atoms. The van der Waals surface area contributed by atoms with Gasteiger partial charge in [0.2, 0.25) is 0 Å². The number of hydrogen-bond donors (Lipinski definition) is 3. The number of hydrogen-bond acceptors (Lipinski definition) is 6. The molecule has 0 amide bonds. The monoisotopic (exact) mass is 194 g/mol. The van der Waals surface area contributed by atoms with Crippen LogP contribution in [0.2, 0.25) is 0 Å². The van der Waals surface area contributed by atoms with Crippen LogP contribution >= 0.6 is 0 Å². The van der Waals surface area contributed by atoms with Gasteiger partial charge in [-0.3, -0.25) is 4.79 Å². The quantitative estimate of drug-likeness (QED) is 0.297. The van der Waals surface area contributed by atoms with Crippen LogP contribution in [-0.4, -0.2) is 19.6 Å². The second-order valence-corrected chi connectivity index (χ2v) is 2.40. The Hall–Kier alpha value is -2.45. The Balaban J connectivity index is 2.87. The van der Waals surface area contributed by atoms with Gasteiger partial charge in [0.25, 0.3) is 11.5 Å². The molecule has 0 unspecified atom stereocenters. The van der Waals surface area contributed by atoms with Crippen molar-refractivity contribution in [1.82, 2.24) is 19.6 Å². The summed E-state index contributed by atoms with van der Waals surface area (Å²) in [7, 11) is 0. The van der Waals surface area contributed by atoms with Crippen molar-refractivity contribution in [1.29, 1.82) is 0 Å². The number of aromatic nitrogens is 4. The van der Waals surface area contributed by atoms with Gasteiger partial charge in [0.05, 0.1) is 6.33 Å². The molecule has 14 heavy (non-hydrogen) atoms. The minimum atomic E-state index is -0.491. The summed E-state index contributed by atoms with van der Waals surface area (Å²) in [6.45, 7) is 0. The minimum Gasteiger partial charge on any atom is -0.339 e. The molecule has 0 fully saturated rings. The lowest BCUT2D eigenvalue weighted by atomic mass is 10.5. The lowest BCUT2D eigenvalue weighted by Crippen LogP contribution is -2.28. The van der Waals surface area contributed by atoms with E-state index in [1.165, 1.54) is 6.33 Å². The molecule has 0 aliphatic heterocycles. The van der Waals surface area contributed by atoms with Crippen molar-refractivity contribution in [2.24, 2.45) is 16.2 Å². The van der Waals surface area contributed by atoms with Crippen molar-refractivity contribution in [3.8, 4) is 0 Å². The van der Waals surface area contributed by atoms with Gasteiger partial charge in [-0.25, -0.2) is 4.98 Å². The Labute approximate surface area is 76.4 Å². The van der Waals surface area contributed by atoms with Gasteiger partial charge in [-0.05, 0) is 0 Å². The normalized spacial score (nSPS) is 11.4. The molecule has 2 rings (SSSR count). The zero-order chi connectivity index (χ0) is 10.1. The van der Waals surface area contributed by atoms with Gasteiger partial charge < -0.3 is 16.7 Å². The summed E-state index contributed by atoms with van der Waals surface area (Å²) in [6.07, 6.45) is 1.34. The van der Waals surface area contributed by atoms with Gasteiger partial charge in [-0.1, -0.05) is 10.3 Å². The van der Waals surface area contributed by atoms with Crippen LogP contribution in [0.25, 0.3) is 11.2 Å². The maximum absolute atomic E-state index is 11.5. The summed E-state index contributed by atoms with van der Waals surface area (Å²) in [5, 5.41) is 6.36. The Morgan fingerprint density at radius 1 is 1.57 bits per heavy atom. The third-order valence-electron chi connectivity index (χ3n) is 1.62. The van der Waals surface area contributed by atoms with Crippen LogP contribution in [0.1, 0.15) is 0 Å². The first-order valence-corrected chi connectivity index (χ1v) is 3.56. The van der Waals surface area contributed by atoms with E-state index >= 15 is 0 Å². The van der Waals surface area contributed by atoms with E-state index in [0.717, 1.165) is 4.68 Å². The van der Waals surface area contributed by atoms with E-state index in [4.69, 9.17) is 11.7 Å². The fraction of sp³-hybridized carbons (Fsp3) is 0. The molecule has 9 nitrogen and oxygen atoms in total. The fourth-order valence-electron chi connectivity index (χ4n) is 1.01. The fourth-order valence-corrected chi connectivity index (χ4v) is 1.01. The largest absolute Gasteiger partial charge is 0.339 e. The Bertz CT molecular complexity index is 550. The highest BCUT2D eigenvalue weighted by atomic mass is 16.1. The first-order chi connectivity index (χ1) is 6.74. The van der Waals surface area contributed by atoms with Crippen molar-refractivity contribution in [2.75, 3.05) is 5.84 Å². The van der Waals surface area contributed by atoms with E-state index in [9.17, 15) is 4.79 Å². The molecule has 5 N–H and O–H groups in total. The second kappa shape index (κ2) is 2.80. The lowest BCUT2D eigenvalue weighted by Gasteiger charge is -1.98. The van der Waals surface area contributed by atoms with Crippen LogP contribution in [-0.2, 0) is 0 Å². The van der Waals surface area contributed by atoms with Gasteiger partial charge >= 0.3 is 0 Å². The van der Waals surface area contributed by atoms with E-state index in [1.54, 1.807) is 0 Å². The van der Waals surface area contributed by atoms with Crippen molar-refractivity contribution in [2.45, 2.75) is 0 Å². The van der Waals surface area contributed by atoms with Crippen LogP contribution in [0.15, 0.2) is 21.5 Å². The molecule has 0 saturated heterocycles. The van der Waals surface area contributed by atoms with Crippen LogP contribution in [0, 0.1) is 0 Å². The van der Waals surface area contributed by atoms with Gasteiger partial charge in [0, 0.05) is 0 Å². The summed E-state index contributed by atoms with van der Waals surface area (Å²) in [6, 6.07) is 0. The maximum Gasteiger partial charge on any atom is 0.299 e. The average molecular weight is 194 g/mol. The number of imidazole rings is 1. The highest BCUT2D eigenvalue weighted by Gasteiger charge is 2.09. The molecule has 0 aliphatic carbocycles. The molecule has 9 heteroatoms. The molecule has 72 valence electrons.